The molecule has 6 rings (SSSR count). The second kappa shape index (κ2) is 17.0. The molecule has 2 saturated heterocycles. The Bertz CT molecular complexity index is 1710. The van der Waals surface area contributed by atoms with E-state index in [4.69, 9.17) is 44.3 Å². The molecule has 0 bridgehead atoms. The van der Waals surface area contributed by atoms with Crippen molar-refractivity contribution in [2.75, 3.05) is 6.54 Å². The van der Waals surface area contributed by atoms with Crippen molar-refractivity contribution < 1.29 is 24.2 Å². The number of alkyl halides is 3. The lowest BCUT2D eigenvalue weighted by Crippen LogP contribution is -2.61. The van der Waals surface area contributed by atoms with Gasteiger partial charge in [0.25, 0.3) is 9.70 Å². The Morgan fingerprint density at radius 2 is 1.55 bits per heavy atom. The zero-order valence-corrected chi connectivity index (χ0v) is 33.3. The Morgan fingerprint density at radius 3 is 2.23 bits per heavy atom. The fourth-order valence-corrected chi connectivity index (χ4v) is 8.52. The topological polar surface area (TPSA) is 100 Å². The number of halogens is 3. The monoisotopic (exact) mass is 783 g/mol. The Morgan fingerprint density at radius 1 is 0.868 bits per heavy atom. The standard InChI is InChI=1S/C42H52Cl3N3O5/c1-26-36(24-48-34-12-8-6-9-29(34)21-22-35(48)38(50)47-41(2,3)4)52-39(53-37(26)30-15-13-27(25-49)14-16-30)31-19-17-28(18-20-31)33-11-7-5-10-32(33)23-46-40(51)42(43,44)45/h5,7,10-11,13-20,26,29,34-37,39,49H,6,8-9,12,21-25H2,1-4H3,(H,46,51)(H,47,50)/t26-,29+,34+,35+,36+,37+,39+/m0/s1. The summed E-state index contributed by atoms with van der Waals surface area (Å²) in [6.45, 7) is 9.09. The average Bonchev–Trinajstić information content (AvgIpc) is 3.14. The quantitative estimate of drug-likeness (QED) is 0.188. The average molecular weight is 785 g/mol. The molecule has 3 N–H and O–H groups in total. The third kappa shape index (κ3) is 9.77. The van der Waals surface area contributed by atoms with Crippen molar-refractivity contribution in [3.8, 4) is 11.1 Å². The van der Waals surface area contributed by atoms with Crippen LogP contribution in [-0.4, -0.2) is 55.9 Å². The molecular weight excluding hydrogens is 733 g/mol. The molecule has 286 valence electrons. The zero-order chi connectivity index (χ0) is 37.9. The summed E-state index contributed by atoms with van der Waals surface area (Å²) in [7, 11) is 0. The molecule has 3 aromatic carbocycles. The Kier molecular flexibility index (Phi) is 12.8. The number of likely N-dealkylation sites (tertiary alicyclic amines) is 1. The second-order valence-electron chi connectivity index (χ2n) is 15.9. The summed E-state index contributed by atoms with van der Waals surface area (Å²) in [4.78, 5) is 28.6. The van der Waals surface area contributed by atoms with Crippen LogP contribution in [0.3, 0.4) is 0 Å². The van der Waals surface area contributed by atoms with Gasteiger partial charge in [-0.3, -0.25) is 14.5 Å². The van der Waals surface area contributed by atoms with Gasteiger partial charge in [-0.05, 0) is 80.2 Å². The van der Waals surface area contributed by atoms with Gasteiger partial charge in [-0.2, -0.15) is 0 Å². The van der Waals surface area contributed by atoms with Crippen molar-refractivity contribution in [3.05, 3.63) is 95.1 Å². The van der Waals surface area contributed by atoms with E-state index >= 15 is 0 Å². The summed E-state index contributed by atoms with van der Waals surface area (Å²) in [6, 6.07) is 23.9. The van der Waals surface area contributed by atoms with E-state index < -0.39 is 16.0 Å². The Balaban J connectivity index is 1.29. The zero-order valence-electron chi connectivity index (χ0n) is 31.0. The first-order valence-electron chi connectivity index (χ1n) is 18.8. The third-order valence-corrected chi connectivity index (χ3v) is 11.5. The number of amides is 2. The number of nitrogens with zero attached hydrogens (tertiary/aromatic N) is 1. The van der Waals surface area contributed by atoms with Gasteiger partial charge in [-0.1, -0.05) is 127 Å². The van der Waals surface area contributed by atoms with Gasteiger partial charge >= 0.3 is 0 Å². The second-order valence-corrected chi connectivity index (χ2v) is 18.2. The van der Waals surface area contributed by atoms with Crippen molar-refractivity contribution in [1.29, 1.82) is 0 Å². The van der Waals surface area contributed by atoms with Crippen molar-refractivity contribution in [2.45, 2.75) is 119 Å². The minimum absolute atomic E-state index is 0.0180. The van der Waals surface area contributed by atoms with Crippen molar-refractivity contribution in [1.82, 2.24) is 15.5 Å². The highest BCUT2D eigenvalue weighted by atomic mass is 35.6. The first-order chi connectivity index (χ1) is 25.2. The smallest absolute Gasteiger partial charge is 0.272 e. The lowest BCUT2D eigenvalue weighted by molar-refractivity contribution is -0.278. The first kappa shape index (κ1) is 40.0. The Hall–Kier alpha value is -2.69. The van der Waals surface area contributed by atoms with Gasteiger partial charge in [0.15, 0.2) is 6.29 Å². The van der Waals surface area contributed by atoms with Crippen LogP contribution in [0.1, 0.15) is 101 Å². The van der Waals surface area contributed by atoms with Gasteiger partial charge in [0, 0.05) is 36.2 Å². The molecule has 8 nitrogen and oxygen atoms in total. The largest absolute Gasteiger partial charge is 0.392 e. The third-order valence-electron chi connectivity index (χ3n) is 11.0. The number of aliphatic hydroxyl groups is 1. The minimum atomic E-state index is -2.05. The molecule has 7 atom stereocenters. The van der Waals surface area contributed by atoms with Gasteiger partial charge in [0.1, 0.15) is 0 Å². The molecule has 2 heterocycles. The van der Waals surface area contributed by atoms with Gasteiger partial charge < -0.3 is 25.2 Å². The maximum atomic E-state index is 13.9. The van der Waals surface area contributed by atoms with Crippen LogP contribution < -0.4 is 10.6 Å². The van der Waals surface area contributed by atoms with Crippen molar-refractivity contribution in [3.63, 3.8) is 0 Å². The van der Waals surface area contributed by atoms with Gasteiger partial charge in [-0.15, -0.1) is 0 Å². The molecule has 3 fully saturated rings. The van der Waals surface area contributed by atoms with E-state index in [-0.39, 0.29) is 48.8 Å². The predicted molar refractivity (Wildman–Crippen MR) is 210 cm³/mol. The normalized spacial score (nSPS) is 26.8. The number of carbonyl (C=O) groups excluding carboxylic acids is 2. The highest BCUT2D eigenvalue weighted by Gasteiger charge is 2.46. The molecule has 0 unspecified atom stereocenters. The molecule has 0 radical (unpaired) electrons. The first-order valence-corrected chi connectivity index (χ1v) is 20.0. The fraction of sp³-hybridized carbons (Fsp3) is 0.524. The number of nitrogens with one attached hydrogen (secondary N) is 2. The van der Waals surface area contributed by atoms with Crippen LogP contribution in [0.15, 0.2) is 72.8 Å². The molecular formula is C42H52Cl3N3O5. The molecule has 3 aromatic rings. The lowest BCUT2D eigenvalue weighted by atomic mass is 9.75. The summed E-state index contributed by atoms with van der Waals surface area (Å²) in [5.74, 6) is -0.0261. The van der Waals surface area contributed by atoms with Crippen LogP contribution >= 0.6 is 34.8 Å². The SMILES string of the molecule is C[C@H]1[C@@H](CN2[C@@H](C(=O)NC(C)(C)C)CC[C@H]3CCCC[C@H]32)O[C@@H](c2ccc(-c3ccccc3CNC(=O)C(Cl)(Cl)Cl)cc2)O[C@H]1c1ccc(CO)cc1. The summed E-state index contributed by atoms with van der Waals surface area (Å²) in [6.07, 6.45) is 5.48. The van der Waals surface area contributed by atoms with Crippen LogP contribution in [-0.2, 0) is 32.2 Å². The van der Waals surface area contributed by atoms with E-state index in [1.165, 1.54) is 19.3 Å². The van der Waals surface area contributed by atoms with Crippen LogP contribution in [0.4, 0.5) is 0 Å². The summed E-state index contributed by atoms with van der Waals surface area (Å²) >= 11 is 17.3. The van der Waals surface area contributed by atoms with E-state index in [0.29, 0.717) is 18.5 Å². The van der Waals surface area contributed by atoms with E-state index in [2.05, 4.69) is 22.5 Å². The molecule has 53 heavy (non-hydrogen) atoms. The van der Waals surface area contributed by atoms with E-state index in [9.17, 15) is 14.7 Å². The fourth-order valence-electron chi connectivity index (χ4n) is 8.32. The molecule has 3 aliphatic rings. The molecule has 2 amide bonds. The number of piperidine rings is 1. The molecule has 0 aromatic heterocycles. The maximum Gasteiger partial charge on any atom is 0.272 e. The number of hydrogen-bond donors (Lipinski definition) is 3. The van der Waals surface area contributed by atoms with E-state index in [1.807, 2.05) is 93.6 Å². The van der Waals surface area contributed by atoms with Gasteiger partial charge in [0.05, 0.1) is 24.9 Å². The minimum Gasteiger partial charge on any atom is -0.392 e. The van der Waals surface area contributed by atoms with E-state index in [0.717, 1.165) is 52.6 Å². The number of hydrogen-bond acceptors (Lipinski definition) is 6. The number of carbonyl (C=O) groups is 2. The molecule has 0 spiro atoms. The summed E-state index contributed by atoms with van der Waals surface area (Å²) < 4.78 is 11.7. The maximum absolute atomic E-state index is 13.9. The number of aliphatic hydroxyl groups excluding tert-OH is 1. The molecule has 1 saturated carbocycles. The molecule has 2 aliphatic heterocycles. The summed E-state index contributed by atoms with van der Waals surface area (Å²) in [5.41, 5.74) is 5.18. The molecule has 11 heteroatoms. The number of rotatable bonds is 9. The van der Waals surface area contributed by atoms with Crippen molar-refractivity contribution >= 4 is 46.6 Å². The molecule has 1 aliphatic carbocycles. The van der Waals surface area contributed by atoms with Crippen LogP contribution in [0.25, 0.3) is 11.1 Å². The number of ether oxygens (including phenoxy) is 2. The van der Waals surface area contributed by atoms with E-state index in [1.54, 1.807) is 0 Å². The number of fused-ring (bicyclic) bond motifs is 1. The predicted octanol–water partition coefficient (Wildman–Crippen LogP) is 8.56. The lowest BCUT2D eigenvalue weighted by Gasteiger charge is -2.51. The highest BCUT2D eigenvalue weighted by Crippen LogP contribution is 2.45. The number of benzene rings is 3. The van der Waals surface area contributed by atoms with Gasteiger partial charge in [-0.25, -0.2) is 0 Å². The van der Waals surface area contributed by atoms with Crippen molar-refractivity contribution in [2.24, 2.45) is 11.8 Å². The van der Waals surface area contributed by atoms with Gasteiger partial charge in [0.2, 0.25) is 5.91 Å². The van der Waals surface area contributed by atoms with Crippen LogP contribution in [0.2, 0.25) is 0 Å². The Labute approximate surface area is 328 Å². The highest BCUT2D eigenvalue weighted by molar-refractivity contribution is 6.76. The summed E-state index contributed by atoms with van der Waals surface area (Å²) in [5, 5.41) is 15.7. The van der Waals surface area contributed by atoms with Crippen LogP contribution in [0, 0.1) is 11.8 Å². The van der Waals surface area contributed by atoms with Crippen LogP contribution in [0.5, 0.6) is 0 Å².